The van der Waals surface area contributed by atoms with Crippen LogP contribution in [-0.4, -0.2) is 28.9 Å². The van der Waals surface area contributed by atoms with E-state index in [2.05, 4.69) is 11.9 Å². The first-order valence-corrected chi connectivity index (χ1v) is 6.95. The number of amides is 1. The van der Waals surface area contributed by atoms with Crippen LogP contribution in [0.15, 0.2) is 17.1 Å². The number of nitrogens with one attached hydrogen (secondary N) is 1. The molecule has 104 valence electrons. The Kier molecular flexibility index (Phi) is 4.08. The number of hydrogen-bond donors (Lipinski definition) is 1. The van der Waals surface area contributed by atoms with Gasteiger partial charge in [0, 0.05) is 31.0 Å². The van der Waals surface area contributed by atoms with Gasteiger partial charge < -0.3 is 9.88 Å². The maximum absolute atomic E-state index is 12.4. The van der Waals surface area contributed by atoms with Crippen LogP contribution >= 0.6 is 0 Å². The molecule has 2 unspecified atom stereocenters. The zero-order valence-electron chi connectivity index (χ0n) is 11.9. The largest absolute Gasteiger partial charge is 0.364 e. The molecule has 2 atom stereocenters. The Hall–Kier alpha value is -1.58. The van der Waals surface area contributed by atoms with Gasteiger partial charge in [-0.05, 0) is 25.7 Å². The van der Waals surface area contributed by atoms with Gasteiger partial charge >= 0.3 is 0 Å². The molecule has 1 saturated carbocycles. The van der Waals surface area contributed by atoms with Crippen LogP contribution < -0.4 is 5.43 Å². The van der Waals surface area contributed by atoms with Gasteiger partial charge in [-0.2, -0.15) is 0 Å². The Morgan fingerprint density at radius 3 is 2.79 bits per heavy atom. The highest BCUT2D eigenvalue weighted by Gasteiger charge is 2.27. The molecule has 1 N–H and O–H groups in total. The van der Waals surface area contributed by atoms with Crippen molar-refractivity contribution < 1.29 is 4.79 Å². The second-order valence-corrected chi connectivity index (χ2v) is 5.74. The summed E-state index contributed by atoms with van der Waals surface area (Å²) in [6, 6.07) is 1.74. The van der Waals surface area contributed by atoms with Gasteiger partial charge in [0.1, 0.15) is 5.56 Å². The van der Waals surface area contributed by atoms with E-state index in [4.69, 9.17) is 0 Å². The third kappa shape index (κ3) is 3.06. The van der Waals surface area contributed by atoms with E-state index in [-0.39, 0.29) is 22.9 Å². The summed E-state index contributed by atoms with van der Waals surface area (Å²) in [5, 5.41) is 0. The number of H-pyrrole nitrogens is 1. The maximum Gasteiger partial charge on any atom is 0.259 e. The fourth-order valence-electron chi connectivity index (χ4n) is 2.85. The highest BCUT2D eigenvalue weighted by atomic mass is 16.2. The van der Waals surface area contributed by atoms with Crippen molar-refractivity contribution >= 4 is 5.91 Å². The molecule has 19 heavy (non-hydrogen) atoms. The minimum atomic E-state index is -0.197. The molecule has 1 aliphatic carbocycles. The molecule has 1 aromatic rings. The number of pyridine rings is 1. The number of carbonyl (C=O) groups is 1. The van der Waals surface area contributed by atoms with Crippen molar-refractivity contribution in [3.63, 3.8) is 0 Å². The number of nitrogens with zero attached hydrogens (tertiary/aromatic N) is 1. The average Bonchev–Trinajstić information content (AvgIpc) is 2.37. The monoisotopic (exact) mass is 262 g/mol. The molecule has 0 spiro atoms. The summed E-state index contributed by atoms with van der Waals surface area (Å²) < 4.78 is 0. The molecule has 1 fully saturated rings. The summed E-state index contributed by atoms with van der Waals surface area (Å²) in [6.07, 6.45) is 6.00. The van der Waals surface area contributed by atoms with Crippen LogP contribution in [0.25, 0.3) is 0 Å². The van der Waals surface area contributed by atoms with Gasteiger partial charge in [0.2, 0.25) is 0 Å². The van der Waals surface area contributed by atoms with Crippen molar-refractivity contribution in [3.05, 3.63) is 33.7 Å². The average molecular weight is 262 g/mol. The lowest BCUT2D eigenvalue weighted by atomic mass is 9.86. The van der Waals surface area contributed by atoms with Crippen molar-refractivity contribution in [1.82, 2.24) is 9.88 Å². The van der Waals surface area contributed by atoms with E-state index >= 15 is 0 Å². The van der Waals surface area contributed by atoms with Gasteiger partial charge in [0.15, 0.2) is 5.43 Å². The molecule has 4 heteroatoms. The smallest absolute Gasteiger partial charge is 0.259 e. The van der Waals surface area contributed by atoms with E-state index in [0.717, 1.165) is 25.0 Å². The minimum absolute atomic E-state index is 0.166. The van der Waals surface area contributed by atoms with Gasteiger partial charge in [-0.3, -0.25) is 9.59 Å². The van der Waals surface area contributed by atoms with Crippen molar-refractivity contribution in [2.75, 3.05) is 7.05 Å². The summed E-state index contributed by atoms with van der Waals surface area (Å²) >= 11 is 0. The van der Waals surface area contributed by atoms with Gasteiger partial charge in [-0.1, -0.05) is 19.8 Å². The lowest BCUT2D eigenvalue weighted by molar-refractivity contribution is 0.0670. The van der Waals surface area contributed by atoms with Crippen LogP contribution in [0, 0.1) is 12.8 Å². The summed E-state index contributed by atoms with van der Waals surface area (Å²) in [6.45, 7) is 4.03. The van der Waals surface area contributed by atoms with E-state index in [0.29, 0.717) is 5.92 Å². The molecule has 4 nitrogen and oxygen atoms in total. The molecule has 0 aromatic carbocycles. The Bertz CT molecular complexity index is 521. The van der Waals surface area contributed by atoms with Crippen molar-refractivity contribution in [1.29, 1.82) is 0 Å². The van der Waals surface area contributed by atoms with E-state index in [1.54, 1.807) is 4.90 Å². The molecule has 2 rings (SSSR count). The first-order valence-electron chi connectivity index (χ1n) is 6.95. The van der Waals surface area contributed by atoms with Crippen LogP contribution in [0.2, 0.25) is 0 Å². The molecule has 1 aliphatic rings. The molecule has 0 saturated heterocycles. The Morgan fingerprint density at radius 1 is 1.42 bits per heavy atom. The third-order valence-electron chi connectivity index (χ3n) is 4.06. The topological polar surface area (TPSA) is 53.2 Å². The SMILES string of the molecule is Cc1cc(=O)c(C(=O)N(C)C2CCCC(C)C2)c[nH]1. The van der Waals surface area contributed by atoms with Crippen LogP contribution in [0.3, 0.4) is 0 Å². The van der Waals surface area contributed by atoms with Gasteiger partial charge in [-0.25, -0.2) is 0 Å². The number of aromatic amines is 1. The quantitative estimate of drug-likeness (QED) is 0.889. The summed E-state index contributed by atoms with van der Waals surface area (Å²) in [7, 11) is 1.81. The van der Waals surface area contributed by atoms with Crippen LogP contribution in [0.5, 0.6) is 0 Å². The van der Waals surface area contributed by atoms with Crippen LogP contribution in [0.1, 0.15) is 48.7 Å². The van der Waals surface area contributed by atoms with Gasteiger partial charge in [0.25, 0.3) is 5.91 Å². The molecular weight excluding hydrogens is 240 g/mol. The fraction of sp³-hybridized carbons (Fsp3) is 0.600. The molecule has 1 heterocycles. The van der Waals surface area contributed by atoms with Crippen LogP contribution in [-0.2, 0) is 0 Å². The number of aryl methyl sites for hydroxylation is 1. The van der Waals surface area contributed by atoms with Crippen molar-refractivity contribution in [3.8, 4) is 0 Å². The van der Waals surface area contributed by atoms with Crippen molar-refractivity contribution in [2.45, 2.75) is 45.6 Å². The summed E-state index contributed by atoms with van der Waals surface area (Å²) in [5.74, 6) is 0.491. The zero-order valence-corrected chi connectivity index (χ0v) is 11.9. The lowest BCUT2D eigenvalue weighted by Crippen LogP contribution is -2.41. The molecule has 0 radical (unpaired) electrons. The summed E-state index contributed by atoms with van der Waals surface area (Å²) in [5.41, 5.74) is 0.818. The first-order chi connectivity index (χ1) is 8.99. The number of rotatable bonds is 2. The second kappa shape index (κ2) is 5.59. The molecule has 1 amide bonds. The van der Waals surface area contributed by atoms with Crippen molar-refractivity contribution in [2.24, 2.45) is 5.92 Å². The predicted octanol–water partition coefficient (Wildman–Crippen LogP) is 2.33. The zero-order chi connectivity index (χ0) is 14.0. The summed E-state index contributed by atoms with van der Waals surface area (Å²) in [4.78, 5) is 28.9. The molecule has 0 bridgehead atoms. The lowest BCUT2D eigenvalue weighted by Gasteiger charge is -2.34. The minimum Gasteiger partial charge on any atom is -0.364 e. The molecule has 1 aromatic heterocycles. The molecular formula is C15H22N2O2. The van der Waals surface area contributed by atoms with Gasteiger partial charge in [0.05, 0.1) is 0 Å². The number of carbonyl (C=O) groups excluding carboxylic acids is 1. The highest BCUT2D eigenvalue weighted by Crippen LogP contribution is 2.27. The standard InChI is InChI=1S/C15H22N2O2/c1-10-5-4-6-12(7-10)17(3)15(19)13-9-16-11(2)8-14(13)18/h8-10,12H,4-7H2,1-3H3,(H,16,18). The van der Waals surface area contributed by atoms with E-state index < -0.39 is 0 Å². The fourth-order valence-corrected chi connectivity index (χ4v) is 2.85. The van der Waals surface area contributed by atoms with E-state index in [1.807, 2.05) is 14.0 Å². The Morgan fingerprint density at radius 2 is 2.16 bits per heavy atom. The van der Waals surface area contributed by atoms with Gasteiger partial charge in [-0.15, -0.1) is 0 Å². The van der Waals surface area contributed by atoms with E-state index in [1.165, 1.54) is 18.7 Å². The Labute approximate surface area is 113 Å². The Balaban J connectivity index is 2.16. The highest BCUT2D eigenvalue weighted by molar-refractivity contribution is 5.93. The predicted molar refractivity (Wildman–Crippen MR) is 75.3 cm³/mol. The van der Waals surface area contributed by atoms with E-state index in [9.17, 15) is 9.59 Å². The van der Waals surface area contributed by atoms with Crippen LogP contribution in [0.4, 0.5) is 0 Å². The maximum atomic E-state index is 12.4. The number of aromatic nitrogens is 1. The molecule has 0 aliphatic heterocycles. The number of hydrogen-bond acceptors (Lipinski definition) is 2. The third-order valence-corrected chi connectivity index (χ3v) is 4.06. The normalized spacial score (nSPS) is 23.1. The first kappa shape index (κ1) is 13.8. The second-order valence-electron chi connectivity index (χ2n) is 5.74.